The maximum Gasteiger partial charge on any atom is 0.320 e. The molecule has 0 unspecified atom stereocenters. The van der Waals surface area contributed by atoms with Crippen LogP contribution in [0, 0.1) is 0 Å². The van der Waals surface area contributed by atoms with Gasteiger partial charge < -0.3 is 4.74 Å². The molecular weight excluding hydrogens is 214 g/mol. The highest BCUT2D eigenvalue weighted by molar-refractivity contribution is 5.71. The van der Waals surface area contributed by atoms with Crippen molar-refractivity contribution >= 4 is 5.97 Å². The lowest BCUT2D eigenvalue weighted by molar-refractivity contribution is -0.148. The van der Waals surface area contributed by atoms with Crippen LogP contribution < -0.4 is 0 Å². The van der Waals surface area contributed by atoms with Crippen LogP contribution in [0.4, 0.5) is 0 Å². The Hall–Kier alpha value is -1.35. The monoisotopic (exact) mass is 235 g/mol. The van der Waals surface area contributed by atoms with Crippen molar-refractivity contribution in [3.05, 3.63) is 35.9 Å². The fourth-order valence-electron chi connectivity index (χ4n) is 1.56. The first-order valence-corrected chi connectivity index (χ1v) is 6.00. The predicted molar refractivity (Wildman–Crippen MR) is 68.9 cm³/mol. The van der Waals surface area contributed by atoms with Crippen molar-refractivity contribution in [2.75, 3.05) is 20.1 Å². The lowest BCUT2D eigenvalue weighted by Crippen LogP contribution is -2.30. The van der Waals surface area contributed by atoms with E-state index in [1.807, 2.05) is 44.0 Å². The van der Waals surface area contributed by atoms with Crippen LogP contribution in [0.2, 0.25) is 0 Å². The zero-order chi connectivity index (χ0) is 12.7. The first-order valence-electron chi connectivity index (χ1n) is 6.00. The van der Waals surface area contributed by atoms with Gasteiger partial charge in [0, 0.05) is 6.54 Å². The van der Waals surface area contributed by atoms with E-state index in [1.54, 1.807) is 0 Å². The smallest absolute Gasteiger partial charge is 0.320 e. The molecule has 0 spiro atoms. The molecule has 0 amide bonds. The third-order valence-electron chi connectivity index (χ3n) is 2.39. The number of rotatable bonds is 6. The first kappa shape index (κ1) is 13.7. The Kier molecular flexibility index (Phi) is 5.70. The normalized spacial score (nSPS) is 10.9. The van der Waals surface area contributed by atoms with E-state index < -0.39 is 0 Å². The summed E-state index contributed by atoms with van der Waals surface area (Å²) in [6.45, 7) is 4.94. The van der Waals surface area contributed by atoms with Crippen molar-refractivity contribution in [1.29, 1.82) is 0 Å². The molecular formula is C14H21NO2. The summed E-state index contributed by atoms with van der Waals surface area (Å²) in [5.41, 5.74) is 1.29. The Morgan fingerprint density at radius 3 is 2.53 bits per heavy atom. The van der Waals surface area contributed by atoms with Gasteiger partial charge in [-0.25, -0.2) is 0 Å². The Morgan fingerprint density at radius 2 is 1.94 bits per heavy atom. The standard InChI is InChI=1S/C14H21NO2/c1-12(2)17-14(16)11-15(3)10-9-13-7-5-4-6-8-13/h4-8,12H,9-11H2,1-3H3. The topological polar surface area (TPSA) is 29.5 Å². The zero-order valence-corrected chi connectivity index (χ0v) is 10.8. The summed E-state index contributed by atoms with van der Waals surface area (Å²) in [5, 5.41) is 0. The number of nitrogens with zero attached hydrogens (tertiary/aromatic N) is 1. The van der Waals surface area contributed by atoms with E-state index in [0.717, 1.165) is 13.0 Å². The van der Waals surface area contributed by atoms with Gasteiger partial charge in [-0.2, -0.15) is 0 Å². The van der Waals surface area contributed by atoms with Crippen LogP contribution in [0.5, 0.6) is 0 Å². The second-order valence-corrected chi connectivity index (χ2v) is 4.51. The van der Waals surface area contributed by atoms with Gasteiger partial charge in [0.25, 0.3) is 0 Å². The van der Waals surface area contributed by atoms with E-state index in [1.165, 1.54) is 5.56 Å². The van der Waals surface area contributed by atoms with Crippen molar-refractivity contribution in [1.82, 2.24) is 4.90 Å². The summed E-state index contributed by atoms with van der Waals surface area (Å²) in [6.07, 6.45) is 0.914. The van der Waals surface area contributed by atoms with Gasteiger partial charge >= 0.3 is 5.97 Å². The van der Waals surface area contributed by atoms with Crippen LogP contribution in [0.3, 0.4) is 0 Å². The van der Waals surface area contributed by atoms with Gasteiger partial charge in [0.2, 0.25) is 0 Å². The Bertz CT molecular complexity index is 335. The molecule has 0 heterocycles. The second-order valence-electron chi connectivity index (χ2n) is 4.51. The van der Waals surface area contributed by atoms with Gasteiger partial charge in [-0.3, -0.25) is 9.69 Å². The van der Waals surface area contributed by atoms with E-state index in [4.69, 9.17) is 4.74 Å². The maximum atomic E-state index is 11.4. The number of hydrogen-bond donors (Lipinski definition) is 0. The molecule has 0 atom stereocenters. The van der Waals surface area contributed by atoms with Gasteiger partial charge in [-0.1, -0.05) is 30.3 Å². The van der Waals surface area contributed by atoms with Crippen LogP contribution in [-0.2, 0) is 16.0 Å². The summed E-state index contributed by atoms with van der Waals surface area (Å²) in [7, 11) is 1.94. The minimum Gasteiger partial charge on any atom is -0.462 e. The molecule has 1 rings (SSSR count). The van der Waals surface area contributed by atoms with Gasteiger partial charge in [0.05, 0.1) is 12.6 Å². The van der Waals surface area contributed by atoms with E-state index in [9.17, 15) is 4.79 Å². The fraction of sp³-hybridized carbons (Fsp3) is 0.500. The average molecular weight is 235 g/mol. The molecule has 0 radical (unpaired) electrons. The number of carbonyl (C=O) groups excluding carboxylic acids is 1. The van der Waals surface area contributed by atoms with E-state index in [2.05, 4.69) is 12.1 Å². The first-order chi connectivity index (χ1) is 8.08. The summed E-state index contributed by atoms with van der Waals surface area (Å²) >= 11 is 0. The minimum atomic E-state index is -0.157. The average Bonchev–Trinajstić information content (AvgIpc) is 2.26. The Morgan fingerprint density at radius 1 is 1.29 bits per heavy atom. The maximum absolute atomic E-state index is 11.4. The molecule has 0 bridgehead atoms. The molecule has 0 aliphatic carbocycles. The lowest BCUT2D eigenvalue weighted by Gasteiger charge is -2.16. The van der Waals surface area contributed by atoms with Crippen LogP contribution >= 0.6 is 0 Å². The quantitative estimate of drug-likeness (QED) is 0.707. The van der Waals surface area contributed by atoms with E-state index >= 15 is 0 Å². The molecule has 0 aliphatic rings. The Balaban J connectivity index is 2.26. The summed E-state index contributed by atoms with van der Waals surface area (Å²) in [6, 6.07) is 10.3. The third-order valence-corrected chi connectivity index (χ3v) is 2.39. The molecule has 1 aromatic rings. The summed E-state index contributed by atoms with van der Waals surface area (Å²) in [5.74, 6) is -0.157. The fourth-order valence-corrected chi connectivity index (χ4v) is 1.56. The van der Waals surface area contributed by atoms with Crippen LogP contribution in [0.1, 0.15) is 19.4 Å². The van der Waals surface area contributed by atoms with Crippen LogP contribution in [0.25, 0.3) is 0 Å². The van der Waals surface area contributed by atoms with E-state index in [-0.39, 0.29) is 12.1 Å². The number of benzene rings is 1. The minimum absolute atomic E-state index is 0.0370. The molecule has 94 valence electrons. The molecule has 0 saturated carbocycles. The van der Waals surface area contributed by atoms with Crippen molar-refractivity contribution in [2.24, 2.45) is 0 Å². The van der Waals surface area contributed by atoms with Crippen molar-refractivity contribution < 1.29 is 9.53 Å². The molecule has 17 heavy (non-hydrogen) atoms. The molecule has 3 nitrogen and oxygen atoms in total. The molecule has 0 aliphatic heterocycles. The molecule has 0 saturated heterocycles. The molecule has 1 aromatic carbocycles. The lowest BCUT2D eigenvalue weighted by atomic mass is 10.1. The highest BCUT2D eigenvalue weighted by Crippen LogP contribution is 2.01. The van der Waals surface area contributed by atoms with Gasteiger partial charge in [0.15, 0.2) is 0 Å². The number of carbonyl (C=O) groups is 1. The molecule has 0 N–H and O–H groups in total. The van der Waals surface area contributed by atoms with Gasteiger partial charge in [-0.05, 0) is 32.9 Å². The van der Waals surface area contributed by atoms with Crippen molar-refractivity contribution in [3.63, 3.8) is 0 Å². The SMILES string of the molecule is CC(C)OC(=O)CN(C)CCc1ccccc1. The summed E-state index contributed by atoms with van der Waals surface area (Å²) < 4.78 is 5.09. The third kappa shape index (κ3) is 6.07. The molecule has 0 aromatic heterocycles. The van der Waals surface area contributed by atoms with Gasteiger partial charge in [-0.15, -0.1) is 0 Å². The summed E-state index contributed by atoms with van der Waals surface area (Å²) in [4.78, 5) is 13.4. The van der Waals surface area contributed by atoms with Gasteiger partial charge in [0.1, 0.15) is 0 Å². The zero-order valence-electron chi connectivity index (χ0n) is 10.8. The number of esters is 1. The highest BCUT2D eigenvalue weighted by Gasteiger charge is 2.09. The number of ether oxygens (including phenoxy) is 1. The van der Waals surface area contributed by atoms with E-state index in [0.29, 0.717) is 6.54 Å². The van der Waals surface area contributed by atoms with Crippen LogP contribution in [-0.4, -0.2) is 37.1 Å². The van der Waals surface area contributed by atoms with Crippen LogP contribution in [0.15, 0.2) is 30.3 Å². The second kappa shape index (κ2) is 7.07. The highest BCUT2D eigenvalue weighted by atomic mass is 16.5. The van der Waals surface area contributed by atoms with Crippen molar-refractivity contribution in [3.8, 4) is 0 Å². The van der Waals surface area contributed by atoms with Crippen molar-refractivity contribution in [2.45, 2.75) is 26.4 Å². The molecule has 0 fully saturated rings. The predicted octanol–water partition coefficient (Wildman–Crippen LogP) is 2.11. The Labute approximate surface area is 103 Å². The number of likely N-dealkylation sites (N-methyl/N-ethyl adjacent to an activating group) is 1. The largest absolute Gasteiger partial charge is 0.462 e. The number of hydrogen-bond acceptors (Lipinski definition) is 3. The molecule has 3 heteroatoms.